The minimum atomic E-state index is -0.174. The van der Waals surface area contributed by atoms with Crippen LogP contribution < -0.4 is 5.32 Å². The van der Waals surface area contributed by atoms with Crippen molar-refractivity contribution in [2.75, 3.05) is 18.1 Å². The Hall–Kier alpha value is -1.07. The highest BCUT2D eigenvalue weighted by molar-refractivity contribution is 7.99. The zero-order valence-corrected chi connectivity index (χ0v) is 11.4. The number of halogens is 1. The summed E-state index contributed by atoms with van der Waals surface area (Å²) in [6.45, 7) is 1.03. The van der Waals surface area contributed by atoms with Crippen LogP contribution in [0.15, 0.2) is 18.2 Å². The Labute approximate surface area is 115 Å². The molecule has 1 unspecified atom stereocenters. The van der Waals surface area contributed by atoms with Crippen molar-refractivity contribution in [1.82, 2.24) is 14.9 Å². The fourth-order valence-corrected chi connectivity index (χ4v) is 3.71. The van der Waals surface area contributed by atoms with E-state index in [1.165, 1.54) is 18.9 Å². The third-order valence-electron chi connectivity index (χ3n) is 3.82. The number of hydrogen-bond donors (Lipinski definition) is 1. The molecule has 2 aromatic rings. The second-order valence-corrected chi connectivity index (χ2v) is 6.44. The number of thioether (sulfide) groups is 1. The maximum absolute atomic E-state index is 13.5. The van der Waals surface area contributed by atoms with E-state index in [-0.39, 0.29) is 5.82 Å². The quantitative estimate of drug-likeness (QED) is 0.915. The molecule has 0 amide bonds. The third kappa shape index (κ3) is 2.05. The highest BCUT2D eigenvalue weighted by atomic mass is 32.2. The Morgan fingerprint density at radius 1 is 1.37 bits per heavy atom. The maximum Gasteiger partial charge on any atom is 0.128 e. The van der Waals surface area contributed by atoms with Crippen molar-refractivity contribution in [2.24, 2.45) is 0 Å². The lowest BCUT2D eigenvalue weighted by atomic mass is 10.3. The number of rotatable bonds is 2. The number of benzene rings is 1. The van der Waals surface area contributed by atoms with Crippen LogP contribution >= 0.6 is 11.8 Å². The van der Waals surface area contributed by atoms with Crippen LogP contribution in [0.5, 0.6) is 0 Å². The summed E-state index contributed by atoms with van der Waals surface area (Å²) < 4.78 is 15.8. The van der Waals surface area contributed by atoms with Crippen molar-refractivity contribution in [1.29, 1.82) is 0 Å². The normalized spacial score (nSPS) is 23.9. The van der Waals surface area contributed by atoms with Crippen LogP contribution in [0, 0.1) is 5.82 Å². The molecule has 1 saturated heterocycles. The lowest BCUT2D eigenvalue weighted by molar-refractivity contribution is 0.532. The Balaban J connectivity index is 1.86. The Bertz CT molecular complexity index is 614. The maximum atomic E-state index is 13.5. The van der Waals surface area contributed by atoms with E-state index in [0.717, 1.165) is 34.9 Å². The zero-order chi connectivity index (χ0) is 12.8. The van der Waals surface area contributed by atoms with Gasteiger partial charge in [0.2, 0.25) is 0 Å². The average molecular weight is 277 g/mol. The van der Waals surface area contributed by atoms with Gasteiger partial charge in [0.05, 0.1) is 17.1 Å². The van der Waals surface area contributed by atoms with Crippen LogP contribution in [-0.2, 0) is 0 Å². The van der Waals surface area contributed by atoms with E-state index in [9.17, 15) is 4.39 Å². The summed E-state index contributed by atoms with van der Waals surface area (Å²) in [7, 11) is 0. The van der Waals surface area contributed by atoms with E-state index in [1.54, 1.807) is 12.1 Å². The topological polar surface area (TPSA) is 29.9 Å². The minimum absolute atomic E-state index is 0.174. The Kier molecular flexibility index (Phi) is 2.77. The van der Waals surface area contributed by atoms with Gasteiger partial charge in [-0.25, -0.2) is 9.37 Å². The van der Waals surface area contributed by atoms with Crippen molar-refractivity contribution in [3.8, 4) is 0 Å². The van der Waals surface area contributed by atoms with Crippen molar-refractivity contribution in [3.05, 3.63) is 29.8 Å². The predicted molar refractivity (Wildman–Crippen MR) is 76.0 cm³/mol. The molecule has 1 N–H and O–H groups in total. The van der Waals surface area contributed by atoms with Crippen LogP contribution in [0.25, 0.3) is 11.0 Å². The molecule has 100 valence electrons. The van der Waals surface area contributed by atoms with E-state index >= 15 is 0 Å². The molecule has 2 heterocycles. The standard InChI is InChI=1S/C14H16FN3S/c15-9-1-4-11-13(7-9)18(10-2-3-10)14(17-11)12-8-19-6-5-16-12/h1,4,7,10,12,16H,2-3,5-6,8H2. The van der Waals surface area contributed by atoms with Gasteiger partial charge in [-0.3, -0.25) is 0 Å². The molecule has 1 aliphatic heterocycles. The monoisotopic (exact) mass is 277 g/mol. The largest absolute Gasteiger partial charge is 0.323 e. The lowest BCUT2D eigenvalue weighted by Gasteiger charge is -2.23. The van der Waals surface area contributed by atoms with Gasteiger partial charge in [0.15, 0.2) is 0 Å². The summed E-state index contributed by atoms with van der Waals surface area (Å²) in [5.74, 6) is 3.13. The molecule has 1 atom stereocenters. The van der Waals surface area contributed by atoms with Gasteiger partial charge in [0.1, 0.15) is 11.6 Å². The number of aromatic nitrogens is 2. The summed E-state index contributed by atoms with van der Waals surface area (Å²) >= 11 is 1.96. The molecule has 1 aliphatic carbocycles. The van der Waals surface area contributed by atoms with E-state index in [1.807, 2.05) is 11.8 Å². The van der Waals surface area contributed by atoms with E-state index < -0.39 is 0 Å². The molecule has 0 bridgehead atoms. The summed E-state index contributed by atoms with van der Waals surface area (Å²) in [4.78, 5) is 4.76. The molecule has 2 fully saturated rings. The molecular formula is C14H16FN3S. The lowest BCUT2D eigenvalue weighted by Crippen LogP contribution is -2.32. The molecule has 3 nitrogen and oxygen atoms in total. The van der Waals surface area contributed by atoms with Gasteiger partial charge in [-0.05, 0) is 31.0 Å². The van der Waals surface area contributed by atoms with Crippen molar-refractivity contribution in [2.45, 2.75) is 24.9 Å². The SMILES string of the molecule is Fc1ccc2nc(C3CSCCN3)n(C3CC3)c2c1. The number of imidazole rings is 1. The Morgan fingerprint density at radius 2 is 2.26 bits per heavy atom. The van der Waals surface area contributed by atoms with Gasteiger partial charge in [0.25, 0.3) is 0 Å². The summed E-state index contributed by atoms with van der Waals surface area (Å²) in [5.41, 5.74) is 1.87. The summed E-state index contributed by atoms with van der Waals surface area (Å²) in [5, 5.41) is 3.54. The molecule has 1 aromatic carbocycles. The first-order valence-electron chi connectivity index (χ1n) is 6.81. The molecular weight excluding hydrogens is 261 g/mol. The molecule has 1 aromatic heterocycles. The molecule has 1 saturated carbocycles. The van der Waals surface area contributed by atoms with Crippen molar-refractivity contribution >= 4 is 22.8 Å². The van der Waals surface area contributed by atoms with E-state index in [0.29, 0.717) is 12.1 Å². The van der Waals surface area contributed by atoms with Gasteiger partial charge in [0, 0.05) is 24.1 Å². The molecule has 4 rings (SSSR count). The van der Waals surface area contributed by atoms with Gasteiger partial charge >= 0.3 is 0 Å². The van der Waals surface area contributed by atoms with Crippen LogP contribution in [-0.4, -0.2) is 27.6 Å². The molecule has 0 spiro atoms. The smallest absolute Gasteiger partial charge is 0.128 e. The van der Waals surface area contributed by atoms with E-state index in [2.05, 4.69) is 9.88 Å². The fraction of sp³-hybridized carbons (Fsp3) is 0.500. The van der Waals surface area contributed by atoms with E-state index in [4.69, 9.17) is 4.98 Å². The molecule has 19 heavy (non-hydrogen) atoms. The van der Waals surface area contributed by atoms with Crippen LogP contribution in [0.3, 0.4) is 0 Å². The number of fused-ring (bicyclic) bond motifs is 1. The van der Waals surface area contributed by atoms with Crippen molar-refractivity contribution < 1.29 is 4.39 Å². The summed E-state index contributed by atoms with van der Waals surface area (Å²) in [6.07, 6.45) is 2.38. The van der Waals surface area contributed by atoms with Gasteiger partial charge in [-0.15, -0.1) is 0 Å². The van der Waals surface area contributed by atoms with Gasteiger partial charge < -0.3 is 9.88 Å². The van der Waals surface area contributed by atoms with Gasteiger partial charge in [-0.1, -0.05) is 0 Å². The number of hydrogen-bond acceptors (Lipinski definition) is 3. The van der Waals surface area contributed by atoms with Crippen molar-refractivity contribution in [3.63, 3.8) is 0 Å². The highest BCUT2D eigenvalue weighted by Gasteiger charge is 2.31. The molecule has 0 radical (unpaired) electrons. The molecule has 2 aliphatic rings. The zero-order valence-electron chi connectivity index (χ0n) is 10.6. The average Bonchev–Trinajstić information content (AvgIpc) is 3.21. The highest BCUT2D eigenvalue weighted by Crippen LogP contribution is 2.40. The third-order valence-corrected chi connectivity index (χ3v) is 4.89. The first-order valence-corrected chi connectivity index (χ1v) is 7.97. The second kappa shape index (κ2) is 4.49. The minimum Gasteiger partial charge on any atom is -0.323 e. The van der Waals surface area contributed by atoms with Gasteiger partial charge in [-0.2, -0.15) is 11.8 Å². The molecule has 5 heteroatoms. The summed E-state index contributed by atoms with van der Waals surface area (Å²) in [6, 6.07) is 5.74. The predicted octanol–water partition coefficient (Wildman–Crippen LogP) is 2.89. The fourth-order valence-electron chi connectivity index (χ4n) is 2.78. The first kappa shape index (κ1) is 11.7. The first-order chi connectivity index (χ1) is 9.33. The number of nitrogens with one attached hydrogen (secondary N) is 1. The Morgan fingerprint density at radius 3 is 3.00 bits per heavy atom. The number of nitrogens with zero attached hydrogens (tertiary/aromatic N) is 2. The van der Waals surface area contributed by atoms with Crippen LogP contribution in [0.2, 0.25) is 0 Å². The van der Waals surface area contributed by atoms with Crippen LogP contribution in [0.4, 0.5) is 4.39 Å². The second-order valence-electron chi connectivity index (χ2n) is 5.29. The van der Waals surface area contributed by atoms with Crippen LogP contribution in [0.1, 0.15) is 30.7 Å².